The molecule has 4 rings (SSSR count). The summed E-state index contributed by atoms with van der Waals surface area (Å²) in [6.07, 6.45) is 0. The van der Waals surface area contributed by atoms with Crippen LogP contribution in [0.1, 0.15) is 17.3 Å². The molecule has 0 unspecified atom stereocenters. The zero-order valence-electron chi connectivity index (χ0n) is 16.0. The highest BCUT2D eigenvalue weighted by molar-refractivity contribution is 5.94. The zero-order chi connectivity index (χ0) is 20.1. The van der Waals surface area contributed by atoms with Crippen molar-refractivity contribution in [1.29, 1.82) is 0 Å². The Morgan fingerprint density at radius 1 is 0.690 bits per heavy atom. The van der Waals surface area contributed by atoms with E-state index in [0.29, 0.717) is 23.0 Å². The molecule has 0 spiro atoms. The van der Waals surface area contributed by atoms with Crippen molar-refractivity contribution in [2.75, 3.05) is 10.6 Å². The van der Waals surface area contributed by atoms with Crippen LogP contribution in [0.25, 0.3) is 11.4 Å². The molecule has 0 radical (unpaired) electrons. The van der Waals surface area contributed by atoms with E-state index in [0.717, 1.165) is 16.9 Å². The van der Waals surface area contributed by atoms with E-state index >= 15 is 0 Å². The van der Waals surface area contributed by atoms with Gasteiger partial charge in [0.05, 0.1) is 0 Å². The third-order valence-corrected chi connectivity index (χ3v) is 4.37. The van der Waals surface area contributed by atoms with Gasteiger partial charge in [0.15, 0.2) is 11.6 Å². The monoisotopic (exact) mass is 380 g/mol. The summed E-state index contributed by atoms with van der Waals surface area (Å²) < 4.78 is 0. The smallest absolute Gasteiger partial charge is 0.163 e. The first kappa shape index (κ1) is 18.4. The highest BCUT2D eigenvalue weighted by atomic mass is 16.1. The molecule has 0 fully saturated rings. The summed E-state index contributed by atoms with van der Waals surface area (Å²) in [6, 6.07) is 28.9. The molecule has 5 heteroatoms. The second kappa shape index (κ2) is 8.35. The standard InChI is InChI=1S/C24H20N4O/c1-17(29)18-12-14-21(15-13-18)26-23-16-22(25-20-10-6-3-7-11-20)27-24(28-23)19-8-4-2-5-9-19/h2-16H,1H3,(H2,25,26,27,28). The van der Waals surface area contributed by atoms with Crippen molar-refractivity contribution >= 4 is 28.8 Å². The van der Waals surface area contributed by atoms with Crippen LogP contribution >= 0.6 is 0 Å². The maximum Gasteiger partial charge on any atom is 0.163 e. The second-order valence-corrected chi connectivity index (χ2v) is 6.58. The minimum Gasteiger partial charge on any atom is -0.340 e. The Morgan fingerprint density at radius 2 is 1.21 bits per heavy atom. The number of nitrogens with one attached hydrogen (secondary N) is 2. The van der Waals surface area contributed by atoms with Crippen LogP contribution < -0.4 is 10.6 Å². The number of para-hydroxylation sites is 1. The first-order valence-electron chi connectivity index (χ1n) is 9.32. The zero-order valence-corrected chi connectivity index (χ0v) is 16.0. The highest BCUT2D eigenvalue weighted by Crippen LogP contribution is 2.25. The van der Waals surface area contributed by atoms with E-state index in [1.54, 1.807) is 19.1 Å². The highest BCUT2D eigenvalue weighted by Gasteiger charge is 2.08. The molecule has 1 heterocycles. The fourth-order valence-corrected chi connectivity index (χ4v) is 2.90. The van der Waals surface area contributed by atoms with Crippen molar-refractivity contribution in [2.45, 2.75) is 6.92 Å². The SMILES string of the molecule is CC(=O)c1ccc(Nc2cc(Nc3ccccc3)nc(-c3ccccc3)n2)cc1. The Hall–Kier alpha value is -3.99. The minimum absolute atomic E-state index is 0.0410. The molecule has 0 saturated heterocycles. The number of ketones is 1. The lowest BCUT2D eigenvalue weighted by atomic mass is 10.1. The van der Waals surface area contributed by atoms with Gasteiger partial charge >= 0.3 is 0 Å². The summed E-state index contributed by atoms with van der Waals surface area (Å²) in [4.78, 5) is 20.8. The van der Waals surface area contributed by atoms with Crippen molar-refractivity contribution in [1.82, 2.24) is 9.97 Å². The lowest BCUT2D eigenvalue weighted by molar-refractivity contribution is 0.101. The van der Waals surface area contributed by atoms with Crippen molar-refractivity contribution in [3.63, 3.8) is 0 Å². The number of nitrogens with zero attached hydrogens (tertiary/aromatic N) is 2. The molecule has 0 atom stereocenters. The fourth-order valence-electron chi connectivity index (χ4n) is 2.90. The van der Waals surface area contributed by atoms with E-state index < -0.39 is 0 Å². The van der Waals surface area contributed by atoms with Gasteiger partial charge in [0.25, 0.3) is 0 Å². The van der Waals surface area contributed by atoms with Crippen LogP contribution in [0.15, 0.2) is 91.0 Å². The van der Waals surface area contributed by atoms with E-state index in [2.05, 4.69) is 20.6 Å². The Kier molecular flexibility index (Phi) is 5.29. The number of hydrogen-bond acceptors (Lipinski definition) is 5. The van der Waals surface area contributed by atoms with Crippen molar-refractivity contribution in [3.8, 4) is 11.4 Å². The van der Waals surface area contributed by atoms with Crippen LogP contribution in [0.2, 0.25) is 0 Å². The van der Waals surface area contributed by atoms with Gasteiger partial charge < -0.3 is 10.6 Å². The number of carbonyl (C=O) groups is 1. The molecular weight excluding hydrogens is 360 g/mol. The number of rotatable bonds is 6. The second-order valence-electron chi connectivity index (χ2n) is 6.58. The van der Waals surface area contributed by atoms with E-state index in [1.807, 2.05) is 78.9 Å². The van der Waals surface area contributed by atoms with E-state index in [1.165, 1.54) is 0 Å². The van der Waals surface area contributed by atoms with Crippen LogP contribution in [0, 0.1) is 0 Å². The molecule has 4 aromatic rings. The Bertz CT molecular complexity index is 1110. The molecule has 2 N–H and O–H groups in total. The van der Waals surface area contributed by atoms with Crippen LogP contribution in [-0.4, -0.2) is 15.8 Å². The third kappa shape index (κ3) is 4.65. The van der Waals surface area contributed by atoms with Gasteiger partial charge in [0.2, 0.25) is 0 Å². The predicted molar refractivity (Wildman–Crippen MR) is 117 cm³/mol. The summed E-state index contributed by atoms with van der Waals surface area (Å²) in [5, 5.41) is 6.63. The molecule has 0 bridgehead atoms. The molecule has 5 nitrogen and oxygen atoms in total. The van der Waals surface area contributed by atoms with Gasteiger partial charge in [-0.1, -0.05) is 48.5 Å². The number of hydrogen-bond donors (Lipinski definition) is 2. The van der Waals surface area contributed by atoms with Gasteiger partial charge in [0.1, 0.15) is 11.6 Å². The average molecular weight is 380 g/mol. The topological polar surface area (TPSA) is 66.9 Å². The normalized spacial score (nSPS) is 10.4. The summed E-state index contributed by atoms with van der Waals surface area (Å²) >= 11 is 0. The Labute approximate surface area is 169 Å². The number of anilines is 4. The van der Waals surface area contributed by atoms with Crippen LogP contribution in [0.4, 0.5) is 23.0 Å². The van der Waals surface area contributed by atoms with Crippen LogP contribution in [0.3, 0.4) is 0 Å². The number of benzene rings is 3. The van der Waals surface area contributed by atoms with Gasteiger partial charge in [0, 0.05) is 28.6 Å². The largest absolute Gasteiger partial charge is 0.340 e. The molecule has 0 aliphatic heterocycles. The molecular formula is C24H20N4O. The molecule has 0 aliphatic rings. The van der Waals surface area contributed by atoms with Crippen LogP contribution in [0.5, 0.6) is 0 Å². The van der Waals surface area contributed by atoms with E-state index in [9.17, 15) is 4.79 Å². The van der Waals surface area contributed by atoms with Gasteiger partial charge in [-0.05, 0) is 43.3 Å². The molecule has 1 aromatic heterocycles. The summed E-state index contributed by atoms with van der Waals surface area (Å²) in [5.74, 6) is 2.01. The van der Waals surface area contributed by atoms with Gasteiger partial charge in [-0.2, -0.15) is 0 Å². The number of Topliss-reactive ketones (excluding diaryl/α,β-unsaturated/α-hetero) is 1. The molecule has 0 aliphatic carbocycles. The summed E-state index contributed by atoms with van der Waals surface area (Å²) in [5.41, 5.74) is 3.40. The first-order chi connectivity index (χ1) is 14.2. The van der Waals surface area contributed by atoms with Gasteiger partial charge in [-0.25, -0.2) is 9.97 Å². The fraction of sp³-hybridized carbons (Fsp3) is 0.0417. The maximum atomic E-state index is 11.5. The van der Waals surface area contributed by atoms with Gasteiger partial charge in [-0.3, -0.25) is 4.79 Å². The van der Waals surface area contributed by atoms with E-state index in [4.69, 9.17) is 0 Å². The number of aromatic nitrogens is 2. The summed E-state index contributed by atoms with van der Waals surface area (Å²) in [7, 11) is 0. The lowest BCUT2D eigenvalue weighted by Gasteiger charge is -2.12. The van der Waals surface area contributed by atoms with Crippen molar-refractivity contribution < 1.29 is 4.79 Å². The predicted octanol–water partition coefficient (Wildman–Crippen LogP) is 5.83. The minimum atomic E-state index is 0.0410. The molecule has 3 aromatic carbocycles. The number of carbonyl (C=O) groups excluding carboxylic acids is 1. The van der Waals surface area contributed by atoms with Gasteiger partial charge in [-0.15, -0.1) is 0 Å². The lowest BCUT2D eigenvalue weighted by Crippen LogP contribution is -2.02. The van der Waals surface area contributed by atoms with Crippen LogP contribution in [-0.2, 0) is 0 Å². The van der Waals surface area contributed by atoms with Crippen molar-refractivity contribution in [3.05, 3.63) is 96.6 Å². The maximum absolute atomic E-state index is 11.5. The molecule has 142 valence electrons. The van der Waals surface area contributed by atoms with E-state index in [-0.39, 0.29) is 5.78 Å². The molecule has 0 amide bonds. The Balaban J connectivity index is 1.68. The molecule has 29 heavy (non-hydrogen) atoms. The molecule has 0 saturated carbocycles. The first-order valence-corrected chi connectivity index (χ1v) is 9.32. The van der Waals surface area contributed by atoms with Crippen molar-refractivity contribution in [2.24, 2.45) is 0 Å². The average Bonchev–Trinajstić information content (AvgIpc) is 2.75. The summed E-state index contributed by atoms with van der Waals surface area (Å²) in [6.45, 7) is 1.56. The Morgan fingerprint density at radius 3 is 1.76 bits per heavy atom. The quantitative estimate of drug-likeness (QED) is 0.412. The third-order valence-electron chi connectivity index (χ3n) is 4.37.